The minimum absolute atomic E-state index is 0.101. The largest absolute Gasteiger partial charge is 0.354 e. The summed E-state index contributed by atoms with van der Waals surface area (Å²) in [4.78, 5) is 17.2. The van der Waals surface area contributed by atoms with E-state index in [0.717, 1.165) is 10.9 Å². The Kier molecular flexibility index (Phi) is 3.30. The van der Waals surface area contributed by atoms with Gasteiger partial charge in [-0.1, -0.05) is 5.21 Å². The molecule has 0 aliphatic carbocycles. The molecule has 3 N–H and O–H groups in total. The number of hydrogen-bond donors (Lipinski definition) is 3. The zero-order valence-electron chi connectivity index (χ0n) is 12.1. The van der Waals surface area contributed by atoms with Crippen molar-refractivity contribution in [2.45, 2.75) is 26.7 Å². The Morgan fingerprint density at radius 3 is 2.90 bits per heavy atom. The Labute approximate surface area is 120 Å². The van der Waals surface area contributed by atoms with Crippen LogP contribution in [0.1, 0.15) is 13.8 Å². The van der Waals surface area contributed by atoms with Crippen molar-refractivity contribution in [2.24, 2.45) is 4.99 Å². The number of aromatic amines is 1. The number of aromatic nitrogens is 4. The molecule has 1 aliphatic rings. The number of pyridine rings is 1. The van der Waals surface area contributed by atoms with Crippen LogP contribution in [0, 0.1) is 0 Å². The molecule has 1 aliphatic heterocycles. The molecule has 0 bridgehead atoms. The van der Waals surface area contributed by atoms with Gasteiger partial charge >= 0.3 is 0 Å². The first-order valence-corrected chi connectivity index (χ1v) is 6.78. The first-order valence-electron chi connectivity index (χ1n) is 6.78. The first kappa shape index (κ1) is 13.5. The van der Waals surface area contributed by atoms with E-state index < -0.39 is 0 Å². The third kappa shape index (κ3) is 2.13. The van der Waals surface area contributed by atoms with E-state index in [1.54, 1.807) is 10.8 Å². The number of rotatable bonds is 3. The highest BCUT2D eigenvalue weighted by Gasteiger charge is 2.16. The molecule has 0 amide bonds. The maximum atomic E-state index is 12.6. The Hall–Kier alpha value is -2.48. The second-order valence-corrected chi connectivity index (χ2v) is 4.80. The van der Waals surface area contributed by atoms with E-state index in [4.69, 9.17) is 0 Å². The van der Waals surface area contributed by atoms with Crippen LogP contribution in [-0.4, -0.2) is 33.3 Å². The summed E-state index contributed by atoms with van der Waals surface area (Å²) in [6, 6.07) is 1.83. The van der Waals surface area contributed by atoms with Gasteiger partial charge in [-0.25, -0.2) is 4.99 Å². The van der Waals surface area contributed by atoms with Crippen LogP contribution in [0.25, 0.3) is 17.0 Å². The van der Waals surface area contributed by atoms with Crippen LogP contribution in [0.15, 0.2) is 22.1 Å². The molecule has 8 nitrogen and oxygen atoms in total. The lowest BCUT2D eigenvalue weighted by molar-refractivity contribution is 0.501. The lowest BCUT2D eigenvalue weighted by Gasteiger charge is -2.21. The Bertz CT molecular complexity index is 835. The predicted octanol–water partition coefficient (Wildman–Crippen LogP) is -1.49. The SMILES string of the molecule is CCn1c(=O)c(-c2cnn[nH]2)cc2c1=NC(NC)NC=2C. The fourth-order valence-corrected chi connectivity index (χ4v) is 2.46. The Morgan fingerprint density at radius 1 is 1.48 bits per heavy atom. The van der Waals surface area contributed by atoms with Gasteiger partial charge in [0.15, 0.2) is 6.29 Å². The molecule has 3 heterocycles. The van der Waals surface area contributed by atoms with Crippen LogP contribution in [0.4, 0.5) is 0 Å². The highest BCUT2D eigenvalue weighted by molar-refractivity contribution is 5.57. The first-order chi connectivity index (χ1) is 10.2. The highest BCUT2D eigenvalue weighted by atomic mass is 16.1. The van der Waals surface area contributed by atoms with E-state index >= 15 is 0 Å². The van der Waals surface area contributed by atoms with E-state index in [0.29, 0.717) is 23.3 Å². The van der Waals surface area contributed by atoms with Crippen molar-refractivity contribution in [3.05, 3.63) is 33.3 Å². The number of hydrogen-bond acceptors (Lipinski definition) is 6. The summed E-state index contributed by atoms with van der Waals surface area (Å²) in [5, 5.41) is 17.4. The predicted molar refractivity (Wildman–Crippen MR) is 77.6 cm³/mol. The smallest absolute Gasteiger partial charge is 0.261 e. The lowest BCUT2D eigenvalue weighted by Crippen LogP contribution is -2.53. The third-order valence-corrected chi connectivity index (χ3v) is 3.56. The summed E-state index contributed by atoms with van der Waals surface area (Å²) in [6.45, 7) is 4.44. The van der Waals surface area contributed by atoms with Crippen molar-refractivity contribution in [1.82, 2.24) is 30.6 Å². The standard InChI is InChI=1S/C13H17N7O/c1-4-20-11-8(7(2)16-13(14-3)17-11)5-9(12(20)21)10-6-15-19-18-10/h5-6,13-14,16H,4H2,1-3H3,(H,15,18,19). The van der Waals surface area contributed by atoms with E-state index in [-0.39, 0.29) is 11.8 Å². The van der Waals surface area contributed by atoms with Gasteiger partial charge in [-0.15, -0.1) is 5.10 Å². The van der Waals surface area contributed by atoms with E-state index in [9.17, 15) is 4.79 Å². The number of nitrogens with one attached hydrogen (secondary N) is 3. The highest BCUT2D eigenvalue weighted by Crippen LogP contribution is 2.07. The Balaban J connectivity index is 2.40. The monoisotopic (exact) mass is 287 g/mol. The lowest BCUT2D eigenvalue weighted by atomic mass is 10.1. The van der Waals surface area contributed by atoms with Crippen molar-refractivity contribution in [3.63, 3.8) is 0 Å². The van der Waals surface area contributed by atoms with E-state index in [1.807, 2.05) is 27.0 Å². The van der Waals surface area contributed by atoms with Crippen LogP contribution in [0.3, 0.4) is 0 Å². The Morgan fingerprint density at radius 2 is 2.29 bits per heavy atom. The third-order valence-electron chi connectivity index (χ3n) is 3.56. The molecular weight excluding hydrogens is 270 g/mol. The van der Waals surface area contributed by atoms with Crippen molar-refractivity contribution < 1.29 is 0 Å². The molecule has 1 unspecified atom stereocenters. The van der Waals surface area contributed by atoms with Gasteiger partial charge in [0, 0.05) is 17.5 Å². The molecule has 3 rings (SSSR count). The van der Waals surface area contributed by atoms with Gasteiger partial charge in [0.2, 0.25) is 0 Å². The van der Waals surface area contributed by atoms with Gasteiger partial charge in [-0.3, -0.25) is 19.8 Å². The van der Waals surface area contributed by atoms with Crippen LogP contribution < -0.4 is 26.9 Å². The van der Waals surface area contributed by atoms with Gasteiger partial charge in [-0.05, 0) is 27.0 Å². The topological polar surface area (TPSA) is 100.0 Å². The zero-order chi connectivity index (χ0) is 15.0. The van der Waals surface area contributed by atoms with Crippen molar-refractivity contribution >= 4 is 5.70 Å². The minimum Gasteiger partial charge on any atom is -0.354 e. The van der Waals surface area contributed by atoms with Crippen LogP contribution in [-0.2, 0) is 6.54 Å². The molecule has 0 saturated heterocycles. The summed E-state index contributed by atoms with van der Waals surface area (Å²) in [7, 11) is 1.82. The van der Waals surface area contributed by atoms with Gasteiger partial charge in [0.25, 0.3) is 5.56 Å². The average molecular weight is 287 g/mol. The molecule has 110 valence electrons. The molecule has 8 heteroatoms. The molecule has 2 aromatic heterocycles. The number of nitrogens with zero attached hydrogens (tertiary/aromatic N) is 4. The molecule has 1 atom stereocenters. The summed E-state index contributed by atoms with van der Waals surface area (Å²) < 4.78 is 1.67. The number of fused-ring (bicyclic) bond motifs is 1. The molecule has 0 radical (unpaired) electrons. The van der Waals surface area contributed by atoms with Crippen LogP contribution >= 0.6 is 0 Å². The molecule has 21 heavy (non-hydrogen) atoms. The fourth-order valence-electron chi connectivity index (χ4n) is 2.46. The quantitative estimate of drug-likeness (QED) is 0.638. The normalized spacial score (nSPS) is 17.1. The number of H-pyrrole nitrogens is 1. The summed E-state index contributed by atoms with van der Waals surface area (Å²) >= 11 is 0. The maximum Gasteiger partial charge on any atom is 0.261 e. The van der Waals surface area contributed by atoms with E-state index in [2.05, 4.69) is 31.0 Å². The van der Waals surface area contributed by atoms with Gasteiger partial charge in [0.05, 0.1) is 17.5 Å². The van der Waals surface area contributed by atoms with Gasteiger partial charge < -0.3 is 5.32 Å². The summed E-state index contributed by atoms with van der Waals surface area (Å²) in [6.07, 6.45) is 1.32. The molecule has 0 spiro atoms. The second-order valence-electron chi connectivity index (χ2n) is 4.80. The minimum atomic E-state index is -0.227. The fraction of sp³-hybridized carbons (Fsp3) is 0.385. The van der Waals surface area contributed by atoms with Crippen molar-refractivity contribution in [3.8, 4) is 11.3 Å². The van der Waals surface area contributed by atoms with Crippen LogP contribution in [0.5, 0.6) is 0 Å². The average Bonchev–Trinajstić information content (AvgIpc) is 3.00. The van der Waals surface area contributed by atoms with E-state index in [1.165, 1.54) is 0 Å². The van der Waals surface area contributed by atoms with Crippen molar-refractivity contribution in [1.29, 1.82) is 0 Å². The molecule has 0 fully saturated rings. The van der Waals surface area contributed by atoms with Crippen molar-refractivity contribution in [2.75, 3.05) is 7.05 Å². The maximum absolute atomic E-state index is 12.6. The summed E-state index contributed by atoms with van der Waals surface area (Å²) in [5.74, 6) is 0. The van der Waals surface area contributed by atoms with Gasteiger partial charge in [-0.2, -0.15) is 0 Å². The van der Waals surface area contributed by atoms with Crippen LogP contribution in [0.2, 0.25) is 0 Å². The molecule has 0 saturated carbocycles. The zero-order valence-corrected chi connectivity index (χ0v) is 12.1. The van der Waals surface area contributed by atoms with Gasteiger partial charge in [0.1, 0.15) is 5.49 Å². The molecule has 0 aromatic carbocycles. The second kappa shape index (κ2) is 5.13. The summed E-state index contributed by atoms with van der Waals surface area (Å²) in [5.41, 5.74) is 2.70. The molecular formula is C13H17N7O. The molecule has 2 aromatic rings.